The lowest BCUT2D eigenvalue weighted by atomic mass is 9.91. The Hall–Kier alpha value is -0.490. The molecule has 0 bridgehead atoms. The smallest absolute Gasteiger partial charge is 0.267 e. The van der Waals surface area contributed by atoms with Crippen molar-refractivity contribution in [2.75, 3.05) is 18.4 Å². The second kappa shape index (κ2) is 6.61. The maximum atomic E-state index is 12.5. The Labute approximate surface area is 121 Å². The Morgan fingerprint density at radius 3 is 2.56 bits per heavy atom. The third-order valence-electron chi connectivity index (χ3n) is 2.53. The molecular weight excluding hydrogens is 314 g/mol. The van der Waals surface area contributed by atoms with Crippen molar-refractivity contribution in [1.29, 1.82) is 0 Å². The molecule has 1 rings (SSSR count). The number of halogens is 1. The van der Waals surface area contributed by atoms with Crippen molar-refractivity contribution in [3.05, 3.63) is 10.6 Å². The lowest BCUT2D eigenvalue weighted by Crippen LogP contribution is -2.34. The van der Waals surface area contributed by atoms with Crippen LogP contribution in [-0.2, 0) is 5.41 Å². The predicted octanol–water partition coefficient (Wildman–Crippen LogP) is 3.08. The molecule has 0 fully saturated rings. The second-order valence-electron chi connectivity index (χ2n) is 5.18. The highest BCUT2D eigenvalue weighted by Crippen LogP contribution is 2.26. The van der Waals surface area contributed by atoms with Crippen LogP contribution in [0.3, 0.4) is 0 Å². The van der Waals surface area contributed by atoms with E-state index < -0.39 is 0 Å². The van der Waals surface area contributed by atoms with Gasteiger partial charge in [-0.05, 0) is 18.0 Å². The highest BCUT2D eigenvalue weighted by atomic mass is 79.9. The molecule has 0 aliphatic rings. The monoisotopic (exact) mass is 333 g/mol. The van der Waals surface area contributed by atoms with Crippen LogP contribution in [-0.4, -0.2) is 38.8 Å². The highest BCUT2D eigenvalue weighted by Gasteiger charge is 2.28. The normalized spacial score (nSPS) is 11.6. The van der Waals surface area contributed by atoms with Crippen molar-refractivity contribution in [2.45, 2.75) is 39.5 Å². The summed E-state index contributed by atoms with van der Waals surface area (Å²) in [6.07, 6.45) is 0.954. The van der Waals surface area contributed by atoms with Gasteiger partial charge in [-0.25, -0.2) is 0 Å². The summed E-state index contributed by atoms with van der Waals surface area (Å²) < 4.78 is 3.94. The van der Waals surface area contributed by atoms with Crippen molar-refractivity contribution in [1.82, 2.24) is 14.5 Å². The summed E-state index contributed by atoms with van der Waals surface area (Å²) in [5.74, 6) is 0.0521. The van der Waals surface area contributed by atoms with E-state index in [9.17, 15) is 4.79 Å². The fraction of sp³-hybridized carbons (Fsp3) is 0.750. The molecule has 0 aromatic carbocycles. The maximum absolute atomic E-state index is 12.5. The molecule has 0 N–H and O–H groups in total. The first-order valence-corrected chi connectivity index (χ1v) is 7.99. The van der Waals surface area contributed by atoms with Gasteiger partial charge < -0.3 is 4.90 Å². The minimum Gasteiger partial charge on any atom is -0.337 e. The molecule has 1 heterocycles. The molecular formula is C12H20BrN3OS. The third-order valence-corrected chi connectivity index (χ3v) is 3.60. The summed E-state index contributed by atoms with van der Waals surface area (Å²) in [7, 11) is 0. The van der Waals surface area contributed by atoms with E-state index in [1.54, 1.807) is 0 Å². The molecule has 1 aromatic rings. The van der Waals surface area contributed by atoms with Gasteiger partial charge in [-0.3, -0.25) is 4.79 Å². The van der Waals surface area contributed by atoms with Gasteiger partial charge in [0.15, 0.2) is 0 Å². The Morgan fingerprint density at radius 2 is 2.06 bits per heavy atom. The molecule has 0 aliphatic heterocycles. The average molecular weight is 334 g/mol. The van der Waals surface area contributed by atoms with E-state index in [1.165, 1.54) is 11.5 Å². The van der Waals surface area contributed by atoms with Crippen molar-refractivity contribution in [3.8, 4) is 0 Å². The van der Waals surface area contributed by atoms with Gasteiger partial charge in [0.2, 0.25) is 0 Å². The number of nitrogens with zero attached hydrogens (tertiary/aromatic N) is 3. The summed E-state index contributed by atoms with van der Waals surface area (Å²) in [5, 5.41) is 4.91. The minimum atomic E-state index is -0.149. The summed E-state index contributed by atoms with van der Waals surface area (Å²) in [5.41, 5.74) is 0.651. The van der Waals surface area contributed by atoms with Gasteiger partial charge in [0.25, 0.3) is 5.91 Å². The van der Waals surface area contributed by atoms with Gasteiger partial charge >= 0.3 is 0 Å². The third kappa shape index (κ3) is 3.75. The van der Waals surface area contributed by atoms with Crippen LogP contribution in [0.4, 0.5) is 0 Å². The van der Waals surface area contributed by atoms with Crippen LogP contribution in [0.2, 0.25) is 0 Å². The molecule has 102 valence electrons. The first-order chi connectivity index (χ1) is 8.41. The van der Waals surface area contributed by atoms with E-state index >= 15 is 0 Å². The largest absolute Gasteiger partial charge is 0.337 e. The lowest BCUT2D eigenvalue weighted by Gasteiger charge is -2.22. The van der Waals surface area contributed by atoms with E-state index in [0.29, 0.717) is 11.4 Å². The van der Waals surface area contributed by atoms with E-state index in [2.05, 4.69) is 53.2 Å². The molecule has 0 radical (unpaired) electrons. The van der Waals surface area contributed by atoms with Crippen LogP contribution in [0.15, 0.2) is 0 Å². The number of alkyl halides is 1. The van der Waals surface area contributed by atoms with Crippen LogP contribution in [0.5, 0.6) is 0 Å². The Morgan fingerprint density at radius 1 is 1.39 bits per heavy atom. The van der Waals surface area contributed by atoms with E-state index in [1.807, 2.05) is 4.90 Å². The van der Waals surface area contributed by atoms with E-state index in [0.717, 1.165) is 24.0 Å². The summed E-state index contributed by atoms with van der Waals surface area (Å²) in [6, 6.07) is 0. The van der Waals surface area contributed by atoms with Crippen molar-refractivity contribution >= 4 is 33.4 Å². The maximum Gasteiger partial charge on any atom is 0.267 e. The molecule has 0 saturated heterocycles. The zero-order chi connectivity index (χ0) is 13.8. The van der Waals surface area contributed by atoms with Gasteiger partial charge in [0, 0.05) is 23.8 Å². The van der Waals surface area contributed by atoms with Crippen molar-refractivity contribution < 1.29 is 4.79 Å². The molecule has 1 amide bonds. The Bertz CT molecular complexity index is 394. The number of hydrogen-bond acceptors (Lipinski definition) is 4. The van der Waals surface area contributed by atoms with E-state index in [-0.39, 0.29) is 11.3 Å². The van der Waals surface area contributed by atoms with Crippen LogP contribution in [0.25, 0.3) is 0 Å². The van der Waals surface area contributed by atoms with Crippen molar-refractivity contribution in [3.63, 3.8) is 0 Å². The first kappa shape index (κ1) is 15.6. The molecule has 1 aromatic heterocycles. The Kier molecular flexibility index (Phi) is 5.72. The molecule has 0 aliphatic carbocycles. The number of amides is 1. The average Bonchev–Trinajstić information content (AvgIpc) is 2.76. The second-order valence-corrected chi connectivity index (χ2v) is 6.73. The van der Waals surface area contributed by atoms with E-state index in [4.69, 9.17) is 0 Å². The van der Waals surface area contributed by atoms with Gasteiger partial charge in [-0.2, -0.15) is 0 Å². The number of carbonyl (C=O) groups excluding carboxylic acids is 1. The molecule has 0 saturated carbocycles. The number of rotatable bonds is 5. The van der Waals surface area contributed by atoms with Crippen LogP contribution in [0.1, 0.15) is 49.5 Å². The topological polar surface area (TPSA) is 46.1 Å². The summed E-state index contributed by atoms with van der Waals surface area (Å²) in [6.45, 7) is 9.71. The summed E-state index contributed by atoms with van der Waals surface area (Å²) >= 11 is 4.58. The van der Waals surface area contributed by atoms with Gasteiger partial charge in [0.05, 0.1) is 5.69 Å². The number of hydrogen-bond donors (Lipinski definition) is 0. The minimum absolute atomic E-state index is 0.0521. The molecule has 0 unspecified atom stereocenters. The molecule has 0 spiro atoms. The van der Waals surface area contributed by atoms with Crippen molar-refractivity contribution in [2.24, 2.45) is 0 Å². The fourth-order valence-corrected chi connectivity index (χ4v) is 2.92. The number of aromatic nitrogens is 2. The molecule has 6 heteroatoms. The zero-order valence-corrected chi connectivity index (χ0v) is 13.8. The van der Waals surface area contributed by atoms with Gasteiger partial charge in [0.1, 0.15) is 4.88 Å². The number of carbonyl (C=O) groups is 1. The van der Waals surface area contributed by atoms with Gasteiger partial charge in [-0.15, -0.1) is 5.10 Å². The standard InChI is InChI=1S/C12H20BrN3OS/c1-5-7-16(8-6-13)11(17)9-10(12(2,3)4)14-15-18-9/h5-8H2,1-4H3. The van der Waals surface area contributed by atoms with Crippen LogP contribution in [0, 0.1) is 0 Å². The SMILES string of the molecule is CCCN(CCBr)C(=O)c1snnc1C(C)(C)C. The van der Waals surface area contributed by atoms with Gasteiger partial charge in [-0.1, -0.05) is 48.1 Å². The molecule has 18 heavy (non-hydrogen) atoms. The predicted molar refractivity (Wildman–Crippen MR) is 78.6 cm³/mol. The summed E-state index contributed by atoms with van der Waals surface area (Å²) in [4.78, 5) is 15.0. The highest BCUT2D eigenvalue weighted by molar-refractivity contribution is 9.09. The van der Waals surface area contributed by atoms with Crippen LogP contribution >= 0.6 is 27.5 Å². The quantitative estimate of drug-likeness (QED) is 0.778. The lowest BCUT2D eigenvalue weighted by molar-refractivity contribution is 0.0768. The zero-order valence-electron chi connectivity index (χ0n) is 11.4. The fourth-order valence-electron chi connectivity index (χ4n) is 1.65. The first-order valence-electron chi connectivity index (χ1n) is 6.09. The van der Waals surface area contributed by atoms with Crippen LogP contribution < -0.4 is 0 Å². The Balaban J connectivity index is 2.98. The molecule has 0 atom stereocenters. The molecule has 4 nitrogen and oxygen atoms in total.